The van der Waals surface area contributed by atoms with Crippen LogP contribution in [0.25, 0.3) is 22.4 Å². The maximum absolute atomic E-state index is 13.5. The average molecular weight is 1390 g/mol. The Kier molecular flexibility index (Phi) is 26.3. The molecule has 7 N–H and O–H groups in total. The van der Waals surface area contributed by atoms with Crippen LogP contribution in [0.4, 0.5) is 92.5 Å². The highest BCUT2D eigenvalue weighted by atomic mass is 35.5. The number of imidazole rings is 1. The van der Waals surface area contributed by atoms with Crippen molar-refractivity contribution in [1.82, 2.24) is 24.5 Å². The molecule has 0 fully saturated rings. The van der Waals surface area contributed by atoms with E-state index in [0.717, 1.165) is 42.4 Å². The number of nitrogens with two attached hydrogens (primary N) is 1. The molecular formula is C55H41Cl5F12N12O7. The number of anilines is 5. The normalized spacial score (nSPS) is 10.7. The first kappa shape index (κ1) is 74.0. The lowest BCUT2D eigenvalue weighted by atomic mass is 10.1. The second-order valence-corrected chi connectivity index (χ2v) is 19.5. The molecule has 9 rings (SSSR count). The SMILES string of the molecule is CNc1cc(Cl)c(F)cc1N.CNc1cc(Cl)c(F)cc1NC(=O)c1cnccc1C.CNc1cc(Cl)c(F)cc1[N+](=O)[O-].Cn1c(-c2cnccc2C(F)(F)F)nc2cc(F)c(Cl)cc21.O=C(O)c1cnccc1C(F)(F)F.O=[N+]([O-])c1cc(F)c(Cl)cc1F. The van der Waals surface area contributed by atoms with Gasteiger partial charge in [-0.25, -0.2) is 31.7 Å². The molecule has 0 unspecified atom stereocenters. The number of benzene rings is 5. The van der Waals surface area contributed by atoms with E-state index in [0.29, 0.717) is 58.2 Å². The number of nitrogens with one attached hydrogen (secondary N) is 4. The molecule has 0 radical (unpaired) electrons. The Labute approximate surface area is 530 Å². The number of aromatic nitrogens is 5. The molecule has 9 aromatic rings. The number of rotatable bonds is 9. The Balaban J connectivity index is 0.000000238. The van der Waals surface area contributed by atoms with Gasteiger partial charge in [-0.3, -0.25) is 40.0 Å². The lowest BCUT2D eigenvalue weighted by Crippen LogP contribution is -2.15. The summed E-state index contributed by atoms with van der Waals surface area (Å²) in [5, 5.41) is 39.0. The molecule has 0 bridgehead atoms. The first-order valence-corrected chi connectivity index (χ1v) is 26.3. The van der Waals surface area contributed by atoms with Crippen molar-refractivity contribution >= 4 is 121 Å². The number of aryl methyl sites for hydroxylation is 2. The minimum Gasteiger partial charge on any atom is -0.478 e. The monoisotopic (exact) mass is 1380 g/mol. The summed E-state index contributed by atoms with van der Waals surface area (Å²) in [5.74, 6) is -6.68. The molecule has 4 aromatic heterocycles. The van der Waals surface area contributed by atoms with Crippen LogP contribution in [-0.2, 0) is 19.4 Å². The summed E-state index contributed by atoms with van der Waals surface area (Å²) < 4.78 is 155. The number of alkyl halides is 6. The van der Waals surface area contributed by atoms with Gasteiger partial charge in [0.25, 0.3) is 11.6 Å². The van der Waals surface area contributed by atoms with E-state index in [1.807, 2.05) is 0 Å². The standard InChI is InChI=1S/C14H8ClF4N3.C14H13ClFN3O.C7H6ClFN2O2.C7H8ClFN2.C7H4F3NO2.C6H2ClF2NO2/c1-22-12-4-9(15)10(16)5-11(12)21-13(22)7-6-20-3-2-8(7)14(17,18)19;1-8-3-4-18-7-9(8)14(20)19-13-6-11(16)10(15)5-12(13)17-2;1-10-6-2-4(8)5(9)3-7(6)11(12)13;1-11-7-2-4(8)5(9)3-6(7)10;8-7(9,10)5-1-2-11-3-4(5)6(12)13;7-3-1-5(9)6(10(11)12)2-4(3)8/h2-6H,1H3;3-7,17H,1-2H3,(H,19,20);2-3,10H,1H3;2-3,11H,10H2,1H3;1-3H,(H,12,13);1-2H. The number of carbonyl (C=O) groups is 2. The molecule has 0 aliphatic rings. The summed E-state index contributed by atoms with van der Waals surface area (Å²) in [5.41, 5.74) is 5.05. The van der Waals surface area contributed by atoms with E-state index < -0.39 is 90.5 Å². The molecule has 1 amide bonds. The largest absolute Gasteiger partial charge is 0.478 e. The van der Waals surface area contributed by atoms with Crippen LogP contribution < -0.4 is 27.0 Å². The summed E-state index contributed by atoms with van der Waals surface area (Å²) in [6.45, 7) is 1.80. The smallest absolute Gasteiger partial charge is 0.417 e. The van der Waals surface area contributed by atoms with Gasteiger partial charge >= 0.3 is 24.0 Å². The van der Waals surface area contributed by atoms with Crippen molar-refractivity contribution in [2.75, 3.05) is 48.1 Å². The predicted octanol–water partition coefficient (Wildman–Crippen LogP) is 16.8. The zero-order valence-corrected chi connectivity index (χ0v) is 50.3. The molecule has 19 nitrogen and oxygen atoms in total. The zero-order valence-electron chi connectivity index (χ0n) is 46.5. The third-order valence-electron chi connectivity index (χ3n) is 11.6. The number of amides is 1. The van der Waals surface area contributed by atoms with Gasteiger partial charge in [0.2, 0.25) is 5.82 Å². The number of carbonyl (C=O) groups excluding carboxylic acids is 1. The van der Waals surface area contributed by atoms with Crippen LogP contribution >= 0.6 is 58.0 Å². The number of hydrogen-bond acceptors (Lipinski definition) is 14. The lowest BCUT2D eigenvalue weighted by Gasteiger charge is -2.12. The number of hydrogen-bond donors (Lipinski definition) is 6. The summed E-state index contributed by atoms with van der Waals surface area (Å²) in [6.07, 6.45) is -2.41. The van der Waals surface area contributed by atoms with E-state index in [4.69, 9.17) is 68.8 Å². The van der Waals surface area contributed by atoms with Gasteiger partial charge in [0.15, 0.2) is 0 Å². The van der Waals surface area contributed by atoms with E-state index in [1.54, 1.807) is 33.3 Å². The van der Waals surface area contributed by atoms with E-state index in [1.165, 1.54) is 61.3 Å². The van der Waals surface area contributed by atoms with Crippen LogP contribution in [0.15, 0.2) is 116 Å². The Bertz CT molecular complexity index is 4150. The third kappa shape index (κ3) is 20.0. The molecule has 0 aliphatic carbocycles. The van der Waals surface area contributed by atoms with Crippen LogP contribution in [0.1, 0.15) is 37.4 Å². The van der Waals surface area contributed by atoms with Crippen LogP contribution in [0.2, 0.25) is 25.1 Å². The van der Waals surface area contributed by atoms with Crippen molar-refractivity contribution in [2.45, 2.75) is 19.3 Å². The second kappa shape index (κ2) is 32.4. The number of carboxylic acids is 1. The number of carboxylic acid groups (broad SMARTS) is 1. The number of nitrogen functional groups attached to an aromatic ring is 1. The van der Waals surface area contributed by atoms with Crippen molar-refractivity contribution in [3.63, 3.8) is 0 Å². The molecular weight excluding hydrogens is 1350 g/mol. The number of halogens is 17. The Hall–Kier alpha value is -9.43. The molecule has 91 heavy (non-hydrogen) atoms. The molecule has 4 heterocycles. The number of nitro groups is 2. The van der Waals surface area contributed by atoms with Crippen molar-refractivity contribution in [3.8, 4) is 11.4 Å². The zero-order chi connectivity index (χ0) is 68.6. The van der Waals surface area contributed by atoms with Crippen LogP contribution in [-0.4, -0.2) is 72.5 Å². The predicted molar refractivity (Wildman–Crippen MR) is 319 cm³/mol. The Morgan fingerprint density at radius 2 is 1.00 bits per heavy atom. The van der Waals surface area contributed by atoms with Gasteiger partial charge in [0.1, 0.15) is 40.6 Å². The third-order valence-corrected chi connectivity index (χ3v) is 13.0. The van der Waals surface area contributed by atoms with Crippen molar-refractivity contribution in [2.24, 2.45) is 7.05 Å². The number of nitrogens with zero attached hydrogens (tertiary/aromatic N) is 7. The molecule has 0 spiro atoms. The Morgan fingerprint density at radius 3 is 1.51 bits per heavy atom. The molecule has 0 aliphatic heterocycles. The molecule has 0 atom stereocenters. The second-order valence-electron chi connectivity index (χ2n) is 17.5. The van der Waals surface area contributed by atoms with Gasteiger partial charge in [-0.05, 0) is 55.0 Å². The fourth-order valence-electron chi connectivity index (χ4n) is 7.13. The Morgan fingerprint density at radius 1 is 0.560 bits per heavy atom. The lowest BCUT2D eigenvalue weighted by molar-refractivity contribution is -0.387. The van der Waals surface area contributed by atoms with E-state index in [2.05, 4.69) is 41.2 Å². The first-order chi connectivity index (χ1) is 42.5. The molecule has 36 heteroatoms. The van der Waals surface area contributed by atoms with Gasteiger partial charge in [-0.2, -0.15) is 30.7 Å². The molecule has 482 valence electrons. The summed E-state index contributed by atoms with van der Waals surface area (Å²) in [6, 6.07) is 13.9. The fraction of sp³-hybridized carbons (Fsp3) is 0.127. The van der Waals surface area contributed by atoms with E-state index in [-0.39, 0.29) is 54.3 Å². The number of aromatic carboxylic acids is 1. The van der Waals surface area contributed by atoms with E-state index in [9.17, 15) is 82.5 Å². The van der Waals surface area contributed by atoms with Gasteiger partial charge in [-0.1, -0.05) is 58.0 Å². The highest BCUT2D eigenvalue weighted by molar-refractivity contribution is 6.32. The topological polar surface area (TPSA) is 271 Å². The van der Waals surface area contributed by atoms with Crippen molar-refractivity contribution in [3.05, 3.63) is 224 Å². The number of pyridine rings is 3. The fourth-order valence-corrected chi connectivity index (χ4v) is 7.93. The van der Waals surface area contributed by atoms with E-state index >= 15 is 0 Å². The highest BCUT2D eigenvalue weighted by Crippen LogP contribution is 2.38. The van der Waals surface area contributed by atoms with Crippen LogP contribution in [0.3, 0.4) is 0 Å². The summed E-state index contributed by atoms with van der Waals surface area (Å²) >= 11 is 27.5. The number of fused-ring (bicyclic) bond motifs is 1. The maximum Gasteiger partial charge on any atom is 0.417 e. The summed E-state index contributed by atoms with van der Waals surface area (Å²) in [7, 11) is 6.39. The van der Waals surface area contributed by atoms with Gasteiger partial charge in [0.05, 0.1) is 103 Å². The van der Waals surface area contributed by atoms with Gasteiger partial charge in [0, 0.05) is 95.2 Å². The molecule has 5 aromatic carbocycles. The van der Waals surface area contributed by atoms with Crippen molar-refractivity contribution < 1.29 is 77.2 Å². The van der Waals surface area contributed by atoms with Crippen molar-refractivity contribution in [1.29, 1.82) is 0 Å². The maximum atomic E-state index is 13.5. The average Bonchev–Trinajstić information content (AvgIpc) is 1.65. The minimum atomic E-state index is -4.66. The minimum absolute atomic E-state index is 0.00935. The first-order valence-electron chi connectivity index (χ1n) is 24.5. The van der Waals surface area contributed by atoms with Crippen LogP contribution in [0, 0.1) is 62.1 Å². The highest BCUT2D eigenvalue weighted by Gasteiger charge is 2.36. The van der Waals surface area contributed by atoms with Crippen LogP contribution in [0.5, 0.6) is 0 Å². The molecule has 0 saturated carbocycles. The molecule has 0 saturated heterocycles. The van der Waals surface area contributed by atoms with Gasteiger partial charge in [-0.15, -0.1) is 0 Å². The summed E-state index contributed by atoms with van der Waals surface area (Å²) in [4.78, 5) is 56.3. The number of nitro benzene ring substituents is 2. The quantitative estimate of drug-likeness (QED) is 0.0258. The van der Waals surface area contributed by atoms with Gasteiger partial charge < -0.3 is 36.7 Å².